The molecule has 2 aliphatic carbocycles. The summed E-state index contributed by atoms with van der Waals surface area (Å²) in [5.41, 5.74) is 0.156. The van der Waals surface area contributed by atoms with E-state index in [1.165, 1.54) is 0 Å². The lowest BCUT2D eigenvalue weighted by Crippen LogP contribution is -2.55. The van der Waals surface area contributed by atoms with Crippen LogP contribution < -0.4 is 16.0 Å². The van der Waals surface area contributed by atoms with Gasteiger partial charge in [-0.2, -0.15) is 0 Å². The number of carbonyl (C=O) groups is 5. The number of hydrogen-bond acceptors (Lipinski definition) is 5. The molecule has 1 aromatic heterocycles. The Labute approximate surface area is 244 Å². The van der Waals surface area contributed by atoms with Crippen LogP contribution in [0.1, 0.15) is 28.9 Å². The van der Waals surface area contributed by atoms with E-state index in [1.807, 2.05) is 6.07 Å². The molecule has 6 atom stereocenters. The Hall–Kier alpha value is -4.61. The van der Waals surface area contributed by atoms with Crippen molar-refractivity contribution in [3.63, 3.8) is 0 Å². The summed E-state index contributed by atoms with van der Waals surface area (Å²) < 4.78 is 29.1. The number of piperidine rings is 1. The zero-order valence-corrected chi connectivity index (χ0v) is 22.9. The molecule has 222 valence electrons. The fourth-order valence-corrected chi connectivity index (χ4v) is 7.19. The van der Waals surface area contributed by atoms with Crippen LogP contribution in [0.25, 0.3) is 10.9 Å². The minimum absolute atomic E-state index is 0.0761. The number of hydrogen-bond donors (Lipinski definition) is 4. The number of benzene rings is 2. The number of nitrogens with zero attached hydrogens (tertiary/aromatic N) is 1. The molecule has 2 aromatic carbocycles. The standard InChI is InChI=1S/C31H29F2N5O5/c32-31(33)25-22-23(38(15-30(22,25)31)29(43)21-12-17-8-4-5-9-19(17)36-21)27(41)37-20(13-18-10-11-34-26(18)40)24(39)28(42)35-14-16-6-2-1-3-7-16/h1-9,12,18,20,22-23,25,36H,10-11,13-15H2,(H,34,40)(H,35,42)(H,37,41)/t18-,20-,22?,23-,25?,30+/m0/s1. The van der Waals surface area contributed by atoms with Crippen molar-refractivity contribution < 1.29 is 32.8 Å². The van der Waals surface area contributed by atoms with Gasteiger partial charge in [-0.1, -0.05) is 48.5 Å². The molecule has 3 aromatic rings. The largest absolute Gasteiger partial charge is 0.356 e. The molecule has 0 radical (unpaired) electrons. The van der Waals surface area contributed by atoms with Crippen LogP contribution in [0, 0.1) is 23.2 Å². The molecular formula is C31H29F2N5O5. The van der Waals surface area contributed by atoms with Crippen LogP contribution in [-0.2, 0) is 25.7 Å². The number of aromatic amines is 1. The lowest BCUT2D eigenvalue weighted by Gasteiger charge is -2.28. The average molecular weight is 590 g/mol. The van der Waals surface area contributed by atoms with Crippen LogP contribution in [0.15, 0.2) is 60.7 Å². The van der Waals surface area contributed by atoms with E-state index < -0.39 is 64.7 Å². The van der Waals surface area contributed by atoms with Crippen molar-refractivity contribution in [3.8, 4) is 0 Å². The second-order valence-electron chi connectivity index (χ2n) is 11.9. The molecule has 4 fully saturated rings. The highest BCUT2D eigenvalue weighted by Crippen LogP contribution is 2.92. The second-order valence-corrected chi connectivity index (χ2v) is 11.9. The first-order valence-corrected chi connectivity index (χ1v) is 14.3. The number of halogens is 2. The van der Waals surface area contributed by atoms with Crippen LogP contribution in [0.2, 0.25) is 0 Å². The number of para-hydroxylation sites is 1. The van der Waals surface area contributed by atoms with Crippen molar-refractivity contribution >= 4 is 40.3 Å². The zero-order chi connectivity index (χ0) is 30.1. The van der Waals surface area contributed by atoms with Crippen molar-refractivity contribution in [3.05, 3.63) is 71.9 Å². The van der Waals surface area contributed by atoms with Crippen LogP contribution in [0.5, 0.6) is 0 Å². The van der Waals surface area contributed by atoms with Gasteiger partial charge in [0, 0.05) is 48.3 Å². The Morgan fingerprint density at radius 2 is 1.79 bits per heavy atom. The van der Waals surface area contributed by atoms with Crippen molar-refractivity contribution in [2.24, 2.45) is 23.2 Å². The normalized spacial score (nSPS) is 28.4. The number of rotatable bonds is 9. The van der Waals surface area contributed by atoms with Gasteiger partial charge in [-0.05, 0) is 30.5 Å². The molecular weight excluding hydrogens is 560 g/mol. The number of nitrogens with one attached hydrogen (secondary N) is 4. The molecule has 4 amide bonds. The molecule has 2 saturated carbocycles. The quantitative estimate of drug-likeness (QED) is 0.282. The summed E-state index contributed by atoms with van der Waals surface area (Å²) in [6.07, 6.45) is 0.284. The number of Topliss-reactive ketones (excluding diaryl/α,β-unsaturated/α-hetero) is 1. The third-order valence-electron chi connectivity index (χ3n) is 9.56. The maximum Gasteiger partial charge on any atom is 0.289 e. The Bertz CT molecular complexity index is 1640. The topological polar surface area (TPSA) is 140 Å². The average Bonchev–Trinajstić information content (AvgIpc) is 3.45. The first kappa shape index (κ1) is 27.2. The van der Waals surface area contributed by atoms with Crippen molar-refractivity contribution in [2.75, 3.05) is 13.1 Å². The van der Waals surface area contributed by atoms with Gasteiger partial charge in [0.25, 0.3) is 17.7 Å². The summed E-state index contributed by atoms with van der Waals surface area (Å²) in [4.78, 5) is 70.2. The predicted molar refractivity (Wildman–Crippen MR) is 148 cm³/mol. The molecule has 3 heterocycles. The number of aromatic nitrogens is 1. The smallest absolute Gasteiger partial charge is 0.289 e. The highest BCUT2D eigenvalue weighted by atomic mass is 19.3. The molecule has 2 aliphatic heterocycles. The Balaban J connectivity index is 1.12. The molecule has 4 N–H and O–H groups in total. The predicted octanol–water partition coefficient (Wildman–Crippen LogP) is 1.77. The molecule has 1 spiro atoms. The molecule has 2 saturated heterocycles. The Morgan fingerprint density at radius 1 is 1.05 bits per heavy atom. The van der Waals surface area contributed by atoms with Gasteiger partial charge in [-0.25, -0.2) is 8.78 Å². The molecule has 12 heteroatoms. The van der Waals surface area contributed by atoms with Crippen LogP contribution in [-0.4, -0.2) is 70.4 Å². The third-order valence-corrected chi connectivity index (χ3v) is 9.56. The van der Waals surface area contributed by atoms with Gasteiger partial charge in [0.2, 0.25) is 17.6 Å². The number of likely N-dealkylation sites (tertiary alicyclic amines) is 1. The summed E-state index contributed by atoms with van der Waals surface area (Å²) in [7, 11) is 0. The van der Waals surface area contributed by atoms with Crippen LogP contribution in [0.4, 0.5) is 8.78 Å². The van der Waals surface area contributed by atoms with Crippen molar-refractivity contribution in [1.29, 1.82) is 0 Å². The first-order chi connectivity index (χ1) is 20.6. The summed E-state index contributed by atoms with van der Waals surface area (Å²) in [5.74, 6) is -8.93. The van der Waals surface area contributed by atoms with E-state index >= 15 is 0 Å². The van der Waals surface area contributed by atoms with Gasteiger partial charge >= 0.3 is 0 Å². The number of ketones is 1. The monoisotopic (exact) mass is 589 g/mol. The number of carbonyl (C=O) groups excluding carboxylic acids is 5. The van der Waals surface area contributed by atoms with E-state index in [0.29, 0.717) is 18.5 Å². The van der Waals surface area contributed by atoms with Gasteiger partial charge < -0.3 is 25.8 Å². The molecule has 10 nitrogen and oxygen atoms in total. The maximum absolute atomic E-state index is 14.6. The second kappa shape index (κ2) is 9.72. The molecule has 43 heavy (non-hydrogen) atoms. The summed E-state index contributed by atoms with van der Waals surface area (Å²) >= 11 is 0. The minimum atomic E-state index is -2.97. The van der Waals surface area contributed by atoms with Crippen molar-refractivity contribution in [1.82, 2.24) is 25.8 Å². The van der Waals surface area contributed by atoms with E-state index in [-0.39, 0.29) is 31.1 Å². The van der Waals surface area contributed by atoms with E-state index in [9.17, 15) is 32.8 Å². The summed E-state index contributed by atoms with van der Waals surface area (Å²) in [5, 5.41) is 8.58. The van der Waals surface area contributed by atoms with Crippen molar-refractivity contribution in [2.45, 2.75) is 37.4 Å². The lowest BCUT2D eigenvalue weighted by molar-refractivity contribution is -0.141. The Kier molecular flexibility index (Phi) is 6.15. The lowest BCUT2D eigenvalue weighted by atomic mass is 9.94. The van der Waals surface area contributed by atoms with Crippen LogP contribution in [0.3, 0.4) is 0 Å². The first-order valence-electron chi connectivity index (χ1n) is 14.3. The van der Waals surface area contributed by atoms with Gasteiger partial charge in [0.1, 0.15) is 11.7 Å². The minimum Gasteiger partial charge on any atom is -0.356 e. The number of fused-ring (bicyclic) bond motifs is 2. The Morgan fingerprint density at radius 3 is 2.49 bits per heavy atom. The third kappa shape index (κ3) is 4.22. The summed E-state index contributed by atoms with van der Waals surface area (Å²) in [6.45, 7) is 0.185. The van der Waals surface area contributed by atoms with E-state index in [0.717, 1.165) is 15.8 Å². The molecule has 2 unspecified atom stereocenters. The van der Waals surface area contributed by atoms with Gasteiger partial charge in [0.05, 0.1) is 11.5 Å². The summed E-state index contributed by atoms with van der Waals surface area (Å²) in [6, 6.07) is 15.1. The fraction of sp³-hybridized carbons (Fsp3) is 0.387. The van der Waals surface area contributed by atoms with E-state index in [1.54, 1.807) is 54.6 Å². The number of H-pyrrole nitrogens is 1. The number of alkyl halides is 2. The highest BCUT2D eigenvalue weighted by molar-refractivity contribution is 6.38. The molecule has 4 aliphatic rings. The maximum atomic E-state index is 14.6. The van der Waals surface area contributed by atoms with Gasteiger partial charge in [-0.15, -0.1) is 0 Å². The fourth-order valence-electron chi connectivity index (χ4n) is 7.19. The SMILES string of the molecule is O=C(NCc1ccccc1)C(=O)[C@H](C[C@@H]1CCNC1=O)NC(=O)[C@@H]1C2C3C(F)(F)[C@]23CN1C(=O)c1cc2ccccc2[nH]1. The highest BCUT2D eigenvalue weighted by Gasteiger charge is 3.03. The van der Waals surface area contributed by atoms with Gasteiger partial charge in [0.15, 0.2) is 0 Å². The number of amides is 4. The molecule has 0 bridgehead atoms. The zero-order valence-electron chi connectivity index (χ0n) is 22.9. The van der Waals surface area contributed by atoms with E-state index in [2.05, 4.69) is 20.9 Å². The van der Waals surface area contributed by atoms with E-state index in [4.69, 9.17) is 0 Å². The molecule has 7 rings (SSSR count). The van der Waals surface area contributed by atoms with Crippen LogP contribution >= 0.6 is 0 Å². The van der Waals surface area contributed by atoms with Gasteiger partial charge in [-0.3, -0.25) is 24.0 Å².